The highest BCUT2D eigenvalue weighted by Gasteiger charge is 2.27. The monoisotopic (exact) mass is 511 g/mol. The van der Waals surface area contributed by atoms with Crippen molar-refractivity contribution in [3.05, 3.63) is 57.8 Å². The summed E-state index contributed by atoms with van der Waals surface area (Å²) in [6, 6.07) is 9.20. The minimum absolute atomic E-state index is 0.0266. The van der Waals surface area contributed by atoms with Gasteiger partial charge in [-0.25, -0.2) is 8.42 Å². The second kappa shape index (κ2) is 10.1. The number of carbonyl (C=O) groups is 1. The van der Waals surface area contributed by atoms with Crippen molar-refractivity contribution in [3.63, 3.8) is 0 Å². The molecule has 33 heavy (non-hydrogen) atoms. The van der Waals surface area contributed by atoms with Crippen LogP contribution in [-0.2, 0) is 10.0 Å². The third-order valence-corrected chi connectivity index (χ3v) is 7.73. The lowest BCUT2D eigenvalue weighted by atomic mass is 10.1. The highest BCUT2D eigenvalue weighted by molar-refractivity contribution is 7.89. The van der Waals surface area contributed by atoms with Crippen molar-refractivity contribution in [1.29, 1.82) is 0 Å². The number of nitrogens with zero attached hydrogens (tertiary/aromatic N) is 2. The molecule has 176 valence electrons. The summed E-state index contributed by atoms with van der Waals surface area (Å²) in [5, 5.41) is 7.29. The molecule has 0 unspecified atom stereocenters. The van der Waals surface area contributed by atoms with Gasteiger partial charge in [0.25, 0.3) is 5.91 Å². The van der Waals surface area contributed by atoms with Crippen molar-refractivity contribution in [2.45, 2.75) is 25.7 Å². The molecule has 0 aliphatic heterocycles. The lowest BCUT2D eigenvalue weighted by molar-refractivity contribution is 0.102. The van der Waals surface area contributed by atoms with Gasteiger partial charge in [-0.2, -0.15) is 4.31 Å². The molecule has 2 aromatic carbocycles. The van der Waals surface area contributed by atoms with Crippen LogP contribution < -0.4 is 10.1 Å². The maximum absolute atomic E-state index is 13.3. The number of halogens is 2. The largest absolute Gasteiger partial charge is 0.495 e. The van der Waals surface area contributed by atoms with Crippen molar-refractivity contribution in [1.82, 2.24) is 9.46 Å². The number of amides is 1. The van der Waals surface area contributed by atoms with Gasteiger partial charge in [0.1, 0.15) is 22.8 Å². The zero-order valence-electron chi connectivity index (χ0n) is 18.5. The van der Waals surface area contributed by atoms with Crippen LogP contribution in [0.1, 0.15) is 30.0 Å². The second-order valence-corrected chi connectivity index (χ2v) is 9.72. The van der Waals surface area contributed by atoms with E-state index in [0.29, 0.717) is 28.7 Å². The third kappa shape index (κ3) is 4.86. The first kappa shape index (κ1) is 25.0. The van der Waals surface area contributed by atoms with Crippen molar-refractivity contribution >= 4 is 44.8 Å². The average Bonchev–Trinajstić information content (AvgIpc) is 3.15. The summed E-state index contributed by atoms with van der Waals surface area (Å²) in [5.41, 5.74) is 0.815. The highest BCUT2D eigenvalue weighted by Crippen LogP contribution is 2.37. The Kier molecular flexibility index (Phi) is 7.69. The Hall–Kier alpha value is -2.59. The number of methoxy groups -OCH3 is 1. The van der Waals surface area contributed by atoms with E-state index in [0.717, 1.165) is 0 Å². The number of sulfonamides is 1. The number of aromatic nitrogens is 1. The molecule has 0 radical (unpaired) electrons. The van der Waals surface area contributed by atoms with Gasteiger partial charge in [-0.05, 0) is 37.3 Å². The molecule has 11 heteroatoms. The summed E-state index contributed by atoms with van der Waals surface area (Å²) in [5.74, 6) is -0.0620. The van der Waals surface area contributed by atoms with E-state index in [9.17, 15) is 13.2 Å². The highest BCUT2D eigenvalue weighted by atomic mass is 35.5. The molecule has 0 saturated carbocycles. The van der Waals surface area contributed by atoms with E-state index in [-0.39, 0.29) is 33.4 Å². The second-order valence-electron chi connectivity index (χ2n) is 6.96. The minimum atomic E-state index is -3.75. The maximum atomic E-state index is 13.3. The minimum Gasteiger partial charge on any atom is -0.495 e. The van der Waals surface area contributed by atoms with Crippen LogP contribution in [0.3, 0.4) is 0 Å². The van der Waals surface area contributed by atoms with Gasteiger partial charge in [0.15, 0.2) is 0 Å². The van der Waals surface area contributed by atoms with E-state index in [2.05, 4.69) is 10.5 Å². The Balaban J connectivity index is 2.05. The molecule has 0 spiro atoms. The first-order chi connectivity index (χ1) is 15.6. The molecule has 0 bridgehead atoms. The van der Waals surface area contributed by atoms with Crippen molar-refractivity contribution in [2.75, 3.05) is 25.5 Å². The van der Waals surface area contributed by atoms with Gasteiger partial charge >= 0.3 is 0 Å². The first-order valence-corrected chi connectivity index (χ1v) is 12.2. The molecule has 0 saturated heterocycles. The number of nitrogens with one attached hydrogen (secondary N) is 1. The lowest BCUT2D eigenvalue weighted by Crippen LogP contribution is -2.30. The lowest BCUT2D eigenvalue weighted by Gasteiger charge is -2.19. The Bertz CT molecular complexity index is 1270. The molecule has 0 aliphatic carbocycles. The zero-order chi connectivity index (χ0) is 24.3. The number of hydrogen-bond donors (Lipinski definition) is 1. The third-order valence-electron chi connectivity index (χ3n) is 5.05. The fraction of sp³-hybridized carbons (Fsp3) is 0.273. The molecular formula is C22H23Cl2N3O5S. The van der Waals surface area contributed by atoms with Crippen LogP contribution in [0.25, 0.3) is 11.3 Å². The quantitative estimate of drug-likeness (QED) is 0.443. The maximum Gasteiger partial charge on any atom is 0.261 e. The number of carbonyl (C=O) groups excluding carboxylic acids is 1. The summed E-state index contributed by atoms with van der Waals surface area (Å²) in [7, 11) is -2.33. The summed E-state index contributed by atoms with van der Waals surface area (Å²) in [4.78, 5) is 13.3. The number of anilines is 1. The van der Waals surface area contributed by atoms with E-state index in [1.54, 1.807) is 39.0 Å². The average molecular weight is 512 g/mol. The smallest absolute Gasteiger partial charge is 0.261 e. The Morgan fingerprint density at radius 1 is 1.15 bits per heavy atom. The molecule has 1 aromatic heterocycles. The van der Waals surface area contributed by atoms with Gasteiger partial charge < -0.3 is 14.6 Å². The topological polar surface area (TPSA) is 102 Å². The summed E-state index contributed by atoms with van der Waals surface area (Å²) in [6.45, 7) is 5.71. The normalized spacial score (nSPS) is 11.6. The molecule has 1 N–H and O–H groups in total. The van der Waals surface area contributed by atoms with Gasteiger partial charge in [0.2, 0.25) is 10.0 Å². The molecule has 1 heterocycles. The fourth-order valence-corrected chi connectivity index (χ4v) is 5.44. The number of hydrogen-bond acceptors (Lipinski definition) is 6. The van der Waals surface area contributed by atoms with E-state index >= 15 is 0 Å². The fourth-order valence-electron chi connectivity index (χ4n) is 3.38. The van der Waals surface area contributed by atoms with Crippen molar-refractivity contribution in [2.24, 2.45) is 0 Å². The molecule has 0 aliphatic rings. The van der Waals surface area contributed by atoms with Crippen LogP contribution in [0.5, 0.6) is 5.75 Å². The first-order valence-electron chi connectivity index (χ1n) is 10.1. The van der Waals surface area contributed by atoms with Crippen molar-refractivity contribution < 1.29 is 22.5 Å². The molecule has 3 aromatic rings. The van der Waals surface area contributed by atoms with Gasteiger partial charge in [-0.15, -0.1) is 0 Å². The van der Waals surface area contributed by atoms with E-state index in [1.807, 2.05) is 0 Å². The predicted molar refractivity (Wildman–Crippen MR) is 128 cm³/mol. The summed E-state index contributed by atoms with van der Waals surface area (Å²) >= 11 is 12.6. The molecule has 1 amide bonds. The van der Waals surface area contributed by atoms with Crippen LogP contribution >= 0.6 is 23.2 Å². The van der Waals surface area contributed by atoms with E-state index < -0.39 is 15.9 Å². The Labute approximate surface area is 202 Å². The number of benzene rings is 2. The number of ether oxygens (including phenoxy) is 1. The zero-order valence-corrected chi connectivity index (χ0v) is 20.8. The molecular weight excluding hydrogens is 489 g/mol. The number of aryl methyl sites for hydroxylation is 1. The molecule has 0 fully saturated rings. The van der Waals surface area contributed by atoms with Crippen LogP contribution in [0.15, 0.2) is 45.8 Å². The Morgan fingerprint density at radius 3 is 2.36 bits per heavy atom. The van der Waals surface area contributed by atoms with Crippen LogP contribution in [0.2, 0.25) is 10.0 Å². The predicted octanol–water partition coefficient (Wildman–Crippen LogP) is 5.25. The molecule has 8 nitrogen and oxygen atoms in total. The van der Waals surface area contributed by atoms with E-state index in [1.165, 1.54) is 29.6 Å². The standard InChI is InChI=1S/C22H23Cl2N3O5S/c1-5-27(6-2)33(29,30)14-10-11-18(31-4)17(12-14)25-22(28)19-13(3)32-26-21(19)20-15(23)8-7-9-16(20)24/h7-12H,5-6H2,1-4H3,(H,25,28). The summed E-state index contributed by atoms with van der Waals surface area (Å²) < 4.78 is 37.8. The van der Waals surface area contributed by atoms with Crippen LogP contribution in [0, 0.1) is 6.92 Å². The molecule has 3 rings (SSSR count). The van der Waals surface area contributed by atoms with Gasteiger partial charge in [0.05, 0.1) is 27.7 Å². The Morgan fingerprint density at radius 2 is 1.79 bits per heavy atom. The molecule has 0 atom stereocenters. The van der Waals surface area contributed by atoms with Gasteiger partial charge in [-0.1, -0.05) is 48.3 Å². The SMILES string of the molecule is CCN(CC)S(=O)(=O)c1ccc(OC)c(NC(=O)c2c(-c3c(Cl)cccc3Cl)noc2C)c1. The number of rotatable bonds is 8. The van der Waals surface area contributed by atoms with Gasteiger partial charge in [-0.3, -0.25) is 4.79 Å². The van der Waals surface area contributed by atoms with Crippen LogP contribution in [0.4, 0.5) is 5.69 Å². The van der Waals surface area contributed by atoms with Gasteiger partial charge in [0, 0.05) is 18.7 Å². The van der Waals surface area contributed by atoms with Crippen LogP contribution in [-0.4, -0.2) is 44.0 Å². The summed E-state index contributed by atoms with van der Waals surface area (Å²) in [6.07, 6.45) is 0. The van der Waals surface area contributed by atoms with Crippen molar-refractivity contribution in [3.8, 4) is 17.0 Å². The van der Waals surface area contributed by atoms with E-state index in [4.69, 9.17) is 32.5 Å².